The fraction of sp³-hybridized carbons (Fsp3) is 0.600. The predicted octanol–water partition coefficient (Wildman–Crippen LogP) is 3.37. The summed E-state index contributed by atoms with van der Waals surface area (Å²) in [5.41, 5.74) is 2.36. The van der Waals surface area contributed by atoms with Gasteiger partial charge in [0.05, 0.1) is 21.9 Å². The molecule has 0 radical (unpaired) electrons. The summed E-state index contributed by atoms with van der Waals surface area (Å²) in [6, 6.07) is 2.35. The summed E-state index contributed by atoms with van der Waals surface area (Å²) in [7, 11) is 2.00. The summed E-state index contributed by atoms with van der Waals surface area (Å²) in [6.45, 7) is 5.46. The third-order valence-corrected chi connectivity index (χ3v) is 4.92. The first-order valence-electron chi connectivity index (χ1n) is 7.56. The van der Waals surface area contributed by atoms with E-state index in [1.165, 1.54) is 5.69 Å². The third kappa shape index (κ3) is 2.73. The number of hydrogen-bond donors (Lipinski definition) is 1. The fourth-order valence-electron chi connectivity index (χ4n) is 2.86. The average molecular weight is 352 g/mol. The van der Waals surface area contributed by atoms with Crippen LogP contribution in [0.2, 0.25) is 0 Å². The summed E-state index contributed by atoms with van der Waals surface area (Å²) in [6.07, 6.45) is 5.06. The minimum atomic E-state index is 0.262. The van der Waals surface area contributed by atoms with E-state index in [4.69, 9.17) is 5.10 Å². The van der Waals surface area contributed by atoms with Crippen LogP contribution in [0.3, 0.4) is 0 Å². The lowest BCUT2D eigenvalue weighted by Crippen LogP contribution is -2.26. The Hall–Kier alpha value is -1.30. The molecule has 0 spiro atoms. The van der Waals surface area contributed by atoms with Crippen LogP contribution in [0.4, 0.5) is 5.82 Å². The molecule has 0 amide bonds. The van der Waals surface area contributed by atoms with Crippen molar-refractivity contribution < 1.29 is 0 Å². The zero-order valence-corrected chi connectivity index (χ0v) is 14.4. The SMILES string of the molecule is CC(C)CCc1nn2c(c1Br)NCCC2c1ccnn1C. The molecule has 1 N–H and O–H groups in total. The van der Waals surface area contributed by atoms with Gasteiger partial charge in [-0.05, 0) is 47.2 Å². The third-order valence-electron chi connectivity index (χ3n) is 4.08. The van der Waals surface area contributed by atoms with Crippen molar-refractivity contribution in [2.75, 3.05) is 11.9 Å². The van der Waals surface area contributed by atoms with Crippen molar-refractivity contribution in [2.24, 2.45) is 13.0 Å². The normalized spacial score (nSPS) is 17.9. The highest BCUT2D eigenvalue weighted by atomic mass is 79.9. The molecular weight excluding hydrogens is 330 g/mol. The molecule has 2 aromatic heterocycles. The topological polar surface area (TPSA) is 47.7 Å². The molecule has 0 fully saturated rings. The number of aryl methyl sites for hydroxylation is 2. The first kappa shape index (κ1) is 14.6. The molecule has 1 atom stereocenters. The molecule has 5 nitrogen and oxygen atoms in total. The van der Waals surface area contributed by atoms with Crippen molar-refractivity contribution in [3.05, 3.63) is 28.1 Å². The van der Waals surface area contributed by atoms with Crippen LogP contribution in [0.15, 0.2) is 16.7 Å². The van der Waals surface area contributed by atoms with E-state index in [1.54, 1.807) is 0 Å². The summed E-state index contributed by atoms with van der Waals surface area (Å²) in [4.78, 5) is 0. The maximum atomic E-state index is 4.87. The smallest absolute Gasteiger partial charge is 0.139 e. The number of nitrogens with zero attached hydrogens (tertiary/aromatic N) is 4. The van der Waals surface area contributed by atoms with Gasteiger partial charge in [-0.15, -0.1) is 0 Å². The van der Waals surface area contributed by atoms with Gasteiger partial charge in [-0.3, -0.25) is 4.68 Å². The fourth-order valence-corrected chi connectivity index (χ4v) is 3.46. The number of fused-ring (bicyclic) bond motifs is 1. The maximum Gasteiger partial charge on any atom is 0.139 e. The molecule has 6 heteroatoms. The minimum Gasteiger partial charge on any atom is -0.369 e. The van der Waals surface area contributed by atoms with Crippen LogP contribution in [0.1, 0.15) is 44.1 Å². The molecule has 21 heavy (non-hydrogen) atoms. The first-order chi connectivity index (χ1) is 10.1. The highest BCUT2D eigenvalue weighted by molar-refractivity contribution is 9.10. The zero-order valence-electron chi connectivity index (χ0n) is 12.8. The predicted molar refractivity (Wildman–Crippen MR) is 87.5 cm³/mol. The van der Waals surface area contributed by atoms with Crippen molar-refractivity contribution in [3.8, 4) is 0 Å². The van der Waals surface area contributed by atoms with Crippen LogP contribution >= 0.6 is 15.9 Å². The van der Waals surface area contributed by atoms with Gasteiger partial charge >= 0.3 is 0 Å². The van der Waals surface area contributed by atoms with Gasteiger partial charge in [-0.25, -0.2) is 4.68 Å². The number of halogens is 1. The van der Waals surface area contributed by atoms with E-state index in [0.29, 0.717) is 5.92 Å². The molecular formula is C15H22BrN5. The highest BCUT2D eigenvalue weighted by Crippen LogP contribution is 2.36. The Labute approximate surface area is 133 Å². The van der Waals surface area contributed by atoms with E-state index >= 15 is 0 Å². The van der Waals surface area contributed by atoms with Crippen LogP contribution in [-0.4, -0.2) is 26.1 Å². The van der Waals surface area contributed by atoms with Crippen LogP contribution in [-0.2, 0) is 13.5 Å². The standard InChI is InChI=1S/C15H22BrN5/c1-10(2)4-5-11-14(16)15-17-8-6-13(21(15)19-11)12-7-9-18-20(12)3/h7,9-10,13,17H,4-6,8H2,1-3H3. The van der Waals surface area contributed by atoms with E-state index in [9.17, 15) is 0 Å². The second kappa shape index (κ2) is 5.83. The van der Waals surface area contributed by atoms with Crippen molar-refractivity contribution in [1.82, 2.24) is 19.6 Å². The molecule has 2 aromatic rings. The second-order valence-corrected chi connectivity index (χ2v) is 6.89. The van der Waals surface area contributed by atoms with Gasteiger partial charge in [-0.1, -0.05) is 13.8 Å². The maximum absolute atomic E-state index is 4.87. The highest BCUT2D eigenvalue weighted by Gasteiger charge is 2.28. The van der Waals surface area contributed by atoms with Crippen LogP contribution in [0, 0.1) is 5.92 Å². The zero-order chi connectivity index (χ0) is 15.0. The lowest BCUT2D eigenvalue weighted by molar-refractivity contribution is 0.447. The lowest BCUT2D eigenvalue weighted by atomic mass is 10.1. The Morgan fingerprint density at radius 3 is 2.95 bits per heavy atom. The van der Waals surface area contributed by atoms with Gasteiger partial charge in [0.15, 0.2) is 0 Å². The van der Waals surface area contributed by atoms with Crippen LogP contribution in [0.25, 0.3) is 0 Å². The van der Waals surface area contributed by atoms with E-state index in [2.05, 4.69) is 50.9 Å². The Bertz CT molecular complexity index is 628. The molecule has 1 unspecified atom stereocenters. The molecule has 1 aliphatic rings. The Morgan fingerprint density at radius 2 is 2.29 bits per heavy atom. The van der Waals surface area contributed by atoms with E-state index in [-0.39, 0.29) is 6.04 Å². The molecule has 114 valence electrons. The summed E-state index contributed by atoms with van der Waals surface area (Å²) in [5.74, 6) is 1.79. The van der Waals surface area contributed by atoms with Gasteiger partial charge < -0.3 is 5.32 Å². The Kier molecular flexibility index (Phi) is 4.06. The number of nitrogens with one attached hydrogen (secondary N) is 1. The average Bonchev–Trinajstić information content (AvgIpc) is 3.01. The number of hydrogen-bond acceptors (Lipinski definition) is 3. The molecule has 3 rings (SSSR count). The number of anilines is 1. The van der Waals surface area contributed by atoms with Crippen molar-refractivity contribution in [3.63, 3.8) is 0 Å². The first-order valence-corrected chi connectivity index (χ1v) is 8.36. The minimum absolute atomic E-state index is 0.262. The quantitative estimate of drug-likeness (QED) is 0.918. The van der Waals surface area contributed by atoms with Gasteiger partial charge in [-0.2, -0.15) is 10.2 Å². The molecule has 0 aromatic carbocycles. The van der Waals surface area contributed by atoms with E-state index < -0.39 is 0 Å². The van der Waals surface area contributed by atoms with E-state index in [0.717, 1.165) is 41.8 Å². The molecule has 0 bridgehead atoms. The Balaban J connectivity index is 1.94. The number of aromatic nitrogens is 4. The summed E-state index contributed by atoms with van der Waals surface area (Å²) >= 11 is 3.73. The van der Waals surface area contributed by atoms with E-state index in [1.807, 2.05) is 17.9 Å². The lowest BCUT2D eigenvalue weighted by Gasteiger charge is -2.25. The number of rotatable bonds is 4. The summed E-state index contributed by atoms with van der Waals surface area (Å²) in [5, 5.41) is 12.6. The van der Waals surface area contributed by atoms with Gasteiger partial charge in [0, 0.05) is 19.8 Å². The van der Waals surface area contributed by atoms with Crippen molar-refractivity contribution >= 4 is 21.7 Å². The second-order valence-electron chi connectivity index (χ2n) is 6.10. The van der Waals surface area contributed by atoms with Gasteiger partial charge in [0.25, 0.3) is 0 Å². The summed E-state index contributed by atoms with van der Waals surface area (Å²) < 4.78 is 5.19. The largest absolute Gasteiger partial charge is 0.369 e. The Morgan fingerprint density at radius 1 is 1.48 bits per heavy atom. The molecule has 0 aliphatic carbocycles. The van der Waals surface area contributed by atoms with Crippen LogP contribution < -0.4 is 5.32 Å². The monoisotopic (exact) mass is 351 g/mol. The van der Waals surface area contributed by atoms with Crippen LogP contribution in [0.5, 0.6) is 0 Å². The molecule has 0 saturated heterocycles. The molecule has 0 saturated carbocycles. The van der Waals surface area contributed by atoms with Gasteiger partial charge in [0.1, 0.15) is 5.82 Å². The molecule has 3 heterocycles. The van der Waals surface area contributed by atoms with Crippen molar-refractivity contribution in [2.45, 2.75) is 39.2 Å². The van der Waals surface area contributed by atoms with Crippen molar-refractivity contribution in [1.29, 1.82) is 0 Å². The molecule has 1 aliphatic heterocycles. The van der Waals surface area contributed by atoms with Gasteiger partial charge in [0.2, 0.25) is 0 Å².